The van der Waals surface area contributed by atoms with Crippen molar-refractivity contribution in [2.75, 3.05) is 0 Å². The standard InChI is InChI=1S/C57H38N2O/c1-57(2)49-21-12-20-47(55(49)48-31-38-15-6-7-16-39(38)32-50(48)57)43-29-30-44(42-18-9-8-17-41(42)43)52-34-51(58-56(59-52)37-13-4-3-5-14-37)36-25-23-35(24-26-36)40-27-28-46-45-19-10-11-22-53(45)60-54(46)33-40/h3-34H,1-2H3. The van der Waals surface area contributed by atoms with Gasteiger partial charge < -0.3 is 4.42 Å². The highest BCUT2D eigenvalue weighted by atomic mass is 16.3. The summed E-state index contributed by atoms with van der Waals surface area (Å²) < 4.78 is 6.22. The minimum absolute atomic E-state index is 0.119. The molecular weight excluding hydrogens is 729 g/mol. The van der Waals surface area contributed by atoms with E-state index < -0.39 is 0 Å². The largest absolute Gasteiger partial charge is 0.456 e. The monoisotopic (exact) mass is 766 g/mol. The normalized spacial score (nSPS) is 13.0. The summed E-state index contributed by atoms with van der Waals surface area (Å²) in [6.07, 6.45) is 0. The molecule has 0 spiro atoms. The number of rotatable bonds is 5. The average Bonchev–Trinajstić information content (AvgIpc) is 3.79. The zero-order valence-corrected chi connectivity index (χ0v) is 33.3. The highest BCUT2D eigenvalue weighted by molar-refractivity contribution is 6.09. The number of para-hydroxylation sites is 1. The van der Waals surface area contributed by atoms with E-state index in [0.717, 1.165) is 66.5 Å². The molecule has 0 amide bonds. The van der Waals surface area contributed by atoms with Crippen LogP contribution in [0.15, 0.2) is 199 Å². The zero-order valence-electron chi connectivity index (χ0n) is 33.3. The van der Waals surface area contributed by atoms with Crippen molar-refractivity contribution in [3.05, 3.63) is 205 Å². The van der Waals surface area contributed by atoms with Crippen LogP contribution >= 0.6 is 0 Å². The first-order valence-corrected chi connectivity index (χ1v) is 20.6. The van der Waals surface area contributed by atoms with Gasteiger partial charge in [-0.3, -0.25) is 0 Å². The molecule has 0 unspecified atom stereocenters. The predicted molar refractivity (Wildman–Crippen MR) is 249 cm³/mol. The first-order valence-electron chi connectivity index (χ1n) is 20.6. The lowest BCUT2D eigenvalue weighted by atomic mass is 9.81. The van der Waals surface area contributed by atoms with Gasteiger partial charge in [-0.1, -0.05) is 172 Å². The van der Waals surface area contributed by atoms with Gasteiger partial charge in [0.25, 0.3) is 0 Å². The smallest absolute Gasteiger partial charge is 0.160 e. The number of furan rings is 1. The molecule has 60 heavy (non-hydrogen) atoms. The minimum Gasteiger partial charge on any atom is -0.456 e. The fraction of sp³-hybridized carbons (Fsp3) is 0.0526. The van der Waals surface area contributed by atoms with Crippen LogP contribution in [0.1, 0.15) is 25.0 Å². The Hall–Kier alpha value is -7.62. The average molecular weight is 767 g/mol. The molecular formula is C57H38N2O. The Morgan fingerprint density at radius 1 is 0.367 bits per heavy atom. The first kappa shape index (κ1) is 34.4. The van der Waals surface area contributed by atoms with Crippen molar-refractivity contribution in [1.82, 2.24) is 9.97 Å². The third-order valence-corrected chi connectivity index (χ3v) is 12.7. The maximum Gasteiger partial charge on any atom is 0.160 e. The van der Waals surface area contributed by atoms with Crippen LogP contribution in [0, 0.1) is 0 Å². The molecule has 3 heteroatoms. The molecule has 3 nitrogen and oxygen atoms in total. The fourth-order valence-corrected chi connectivity index (χ4v) is 9.64. The molecule has 2 aromatic heterocycles. The second-order valence-corrected chi connectivity index (χ2v) is 16.5. The number of hydrogen-bond acceptors (Lipinski definition) is 3. The Bertz CT molecular complexity index is 3500. The maximum atomic E-state index is 6.22. The first-order chi connectivity index (χ1) is 29.5. The van der Waals surface area contributed by atoms with Crippen molar-refractivity contribution < 1.29 is 4.42 Å². The van der Waals surface area contributed by atoms with Crippen molar-refractivity contribution in [3.63, 3.8) is 0 Å². The van der Waals surface area contributed by atoms with Crippen molar-refractivity contribution >= 4 is 43.5 Å². The number of benzene rings is 9. The van der Waals surface area contributed by atoms with E-state index in [4.69, 9.17) is 14.4 Å². The van der Waals surface area contributed by atoms with Crippen LogP contribution in [0.3, 0.4) is 0 Å². The van der Waals surface area contributed by atoms with Crippen molar-refractivity contribution in [2.24, 2.45) is 0 Å². The van der Waals surface area contributed by atoms with E-state index in [1.165, 1.54) is 49.5 Å². The molecule has 0 bridgehead atoms. The van der Waals surface area contributed by atoms with Gasteiger partial charge in [-0.25, -0.2) is 9.97 Å². The summed E-state index contributed by atoms with van der Waals surface area (Å²) in [6.45, 7) is 4.73. The van der Waals surface area contributed by atoms with Gasteiger partial charge in [0, 0.05) is 32.9 Å². The Morgan fingerprint density at radius 3 is 1.82 bits per heavy atom. The van der Waals surface area contributed by atoms with Gasteiger partial charge in [-0.2, -0.15) is 0 Å². The summed E-state index contributed by atoms with van der Waals surface area (Å²) in [4.78, 5) is 10.5. The van der Waals surface area contributed by atoms with E-state index in [1.807, 2.05) is 30.3 Å². The highest BCUT2D eigenvalue weighted by Gasteiger charge is 2.37. The number of nitrogens with zero attached hydrogens (tertiary/aromatic N) is 2. The van der Waals surface area contributed by atoms with Gasteiger partial charge in [0.2, 0.25) is 0 Å². The molecule has 0 atom stereocenters. The fourth-order valence-electron chi connectivity index (χ4n) is 9.64. The maximum absolute atomic E-state index is 6.22. The van der Waals surface area contributed by atoms with Crippen LogP contribution in [0.5, 0.6) is 0 Å². The third kappa shape index (κ3) is 5.36. The van der Waals surface area contributed by atoms with Gasteiger partial charge in [0.05, 0.1) is 11.4 Å². The van der Waals surface area contributed by atoms with Crippen molar-refractivity contribution in [2.45, 2.75) is 19.3 Å². The third-order valence-electron chi connectivity index (χ3n) is 12.7. The van der Waals surface area contributed by atoms with E-state index in [2.05, 4.69) is 178 Å². The van der Waals surface area contributed by atoms with Gasteiger partial charge >= 0.3 is 0 Å². The van der Waals surface area contributed by atoms with E-state index >= 15 is 0 Å². The van der Waals surface area contributed by atoms with Crippen molar-refractivity contribution in [1.29, 1.82) is 0 Å². The van der Waals surface area contributed by atoms with Gasteiger partial charge in [0.15, 0.2) is 5.82 Å². The lowest BCUT2D eigenvalue weighted by Crippen LogP contribution is -2.14. The topological polar surface area (TPSA) is 38.9 Å². The van der Waals surface area contributed by atoms with Crippen LogP contribution in [-0.2, 0) is 5.41 Å². The quantitative estimate of drug-likeness (QED) is 0.175. The Kier molecular flexibility index (Phi) is 7.58. The number of aromatic nitrogens is 2. The molecule has 0 saturated heterocycles. The predicted octanol–water partition coefficient (Wildman–Crippen LogP) is 15.3. The molecule has 0 saturated carbocycles. The summed E-state index contributed by atoms with van der Waals surface area (Å²) in [5.74, 6) is 0.697. The summed E-state index contributed by atoms with van der Waals surface area (Å²) in [5.41, 5.74) is 16.6. The number of hydrogen-bond donors (Lipinski definition) is 0. The summed E-state index contributed by atoms with van der Waals surface area (Å²) in [7, 11) is 0. The molecule has 2 heterocycles. The van der Waals surface area contributed by atoms with Crippen LogP contribution in [0.25, 0.3) is 111 Å². The highest BCUT2D eigenvalue weighted by Crippen LogP contribution is 2.54. The van der Waals surface area contributed by atoms with Crippen LogP contribution < -0.4 is 0 Å². The molecule has 11 aromatic rings. The van der Waals surface area contributed by atoms with E-state index in [-0.39, 0.29) is 5.41 Å². The second-order valence-electron chi connectivity index (χ2n) is 16.5. The molecule has 282 valence electrons. The van der Waals surface area contributed by atoms with Gasteiger partial charge in [-0.15, -0.1) is 0 Å². The Morgan fingerprint density at radius 2 is 1.00 bits per heavy atom. The number of fused-ring (bicyclic) bond motifs is 8. The van der Waals surface area contributed by atoms with Gasteiger partial charge in [0.1, 0.15) is 11.2 Å². The molecule has 0 aliphatic heterocycles. The lowest BCUT2D eigenvalue weighted by Gasteiger charge is -2.22. The zero-order chi connectivity index (χ0) is 40.0. The van der Waals surface area contributed by atoms with Gasteiger partial charge in [-0.05, 0) is 102 Å². The summed E-state index contributed by atoms with van der Waals surface area (Å²) >= 11 is 0. The molecule has 9 aromatic carbocycles. The molecule has 0 fully saturated rings. The van der Waals surface area contributed by atoms with E-state index in [1.54, 1.807) is 0 Å². The Balaban J connectivity index is 0.985. The van der Waals surface area contributed by atoms with Crippen LogP contribution in [-0.4, -0.2) is 9.97 Å². The van der Waals surface area contributed by atoms with E-state index in [0.29, 0.717) is 5.82 Å². The minimum atomic E-state index is -0.119. The molecule has 12 rings (SSSR count). The SMILES string of the molecule is CC1(C)c2cc3ccccc3cc2-c2c(-c3ccc(-c4cc(-c5ccc(-c6ccc7c(c6)oc6ccccc67)cc5)nc(-c5ccccc5)n4)c4ccccc34)cccc21. The van der Waals surface area contributed by atoms with E-state index in [9.17, 15) is 0 Å². The molecule has 1 aliphatic carbocycles. The van der Waals surface area contributed by atoms with Crippen LogP contribution in [0.2, 0.25) is 0 Å². The Labute approximate surface area is 348 Å². The lowest BCUT2D eigenvalue weighted by molar-refractivity contribution is 0.661. The second kappa shape index (κ2) is 13.2. The summed E-state index contributed by atoms with van der Waals surface area (Å²) in [6, 6.07) is 69.5. The molecule has 0 radical (unpaired) electrons. The molecule has 0 N–H and O–H groups in total. The molecule has 1 aliphatic rings. The van der Waals surface area contributed by atoms with Crippen LogP contribution in [0.4, 0.5) is 0 Å². The van der Waals surface area contributed by atoms with Crippen molar-refractivity contribution in [3.8, 4) is 67.3 Å². The summed E-state index contributed by atoms with van der Waals surface area (Å²) in [5, 5.41) is 7.17.